The van der Waals surface area contributed by atoms with Gasteiger partial charge < -0.3 is 14.4 Å². The zero-order valence-corrected chi connectivity index (χ0v) is 13.0. The molecule has 5 heteroatoms. The molecule has 0 unspecified atom stereocenters. The van der Waals surface area contributed by atoms with Gasteiger partial charge in [0.05, 0.1) is 30.8 Å². The molecule has 118 valence electrons. The smallest absolute Gasteiger partial charge is 0.123 e. The van der Waals surface area contributed by atoms with E-state index in [0.29, 0.717) is 5.92 Å². The molecule has 5 nitrogen and oxygen atoms in total. The minimum atomic E-state index is 0.0306. The number of aliphatic hydroxyl groups excluding tert-OH is 1. The van der Waals surface area contributed by atoms with Crippen LogP contribution in [0.1, 0.15) is 12.2 Å². The number of imidazole rings is 1. The Hall–Kier alpha value is -1.43. The zero-order valence-electron chi connectivity index (χ0n) is 13.0. The van der Waals surface area contributed by atoms with Crippen molar-refractivity contribution in [2.24, 2.45) is 18.4 Å². The van der Waals surface area contributed by atoms with Crippen LogP contribution in [0.2, 0.25) is 0 Å². The number of likely N-dealkylation sites (tertiary alicyclic amines) is 1. The topological polar surface area (TPSA) is 50.5 Å². The standard InChI is InChI=1S/C17H23N3O2/c1-19-15-5-3-2-4-14(15)18-16(19)9-20-8-13-10-22-7-6-17(13,11-20)12-21/h2-5,13,21H,6-12H2,1H3/t13-,17-/m1/s1. The van der Waals surface area contributed by atoms with Crippen molar-refractivity contribution >= 4 is 11.0 Å². The molecule has 1 aromatic heterocycles. The molecular formula is C17H23N3O2. The largest absolute Gasteiger partial charge is 0.396 e. The summed E-state index contributed by atoms with van der Waals surface area (Å²) in [6, 6.07) is 8.25. The summed E-state index contributed by atoms with van der Waals surface area (Å²) in [6.45, 7) is 4.59. The predicted octanol–water partition coefficient (Wildman–Crippen LogP) is 1.40. The lowest BCUT2D eigenvalue weighted by molar-refractivity contribution is -0.0417. The minimum Gasteiger partial charge on any atom is -0.396 e. The van der Waals surface area contributed by atoms with Crippen molar-refractivity contribution in [3.05, 3.63) is 30.1 Å². The van der Waals surface area contributed by atoms with Crippen molar-refractivity contribution in [1.82, 2.24) is 14.5 Å². The first-order valence-corrected chi connectivity index (χ1v) is 8.03. The average Bonchev–Trinajstić information content (AvgIpc) is 3.07. The molecule has 2 atom stereocenters. The molecule has 2 aromatic rings. The molecule has 1 N–H and O–H groups in total. The third-order valence-electron chi connectivity index (χ3n) is 5.51. The molecule has 0 amide bonds. The zero-order chi connectivity index (χ0) is 15.2. The second-order valence-corrected chi connectivity index (χ2v) is 6.79. The third kappa shape index (κ3) is 2.16. The molecule has 0 spiro atoms. The van der Waals surface area contributed by atoms with E-state index in [1.807, 2.05) is 6.07 Å². The van der Waals surface area contributed by atoms with Gasteiger partial charge in [-0.15, -0.1) is 0 Å². The van der Waals surface area contributed by atoms with Crippen molar-refractivity contribution in [3.63, 3.8) is 0 Å². The Bertz CT molecular complexity index is 684. The Labute approximate surface area is 130 Å². The highest BCUT2D eigenvalue weighted by Crippen LogP contribution is 2.42. The van der Waals surface area contributed by atoms with E-state index in [9.17, 15) is 5.11 Å². The highest BCUT2D eigenvalue weighted by Gasteiger charge is 2.47. The van der Waals surface area contributed by atoms with Crippen LogP contribution < -0.4 is 0 Å². The second kappa shape index (κ2) is 5.33. The van der Waals surface area contributed by atoms with Gasteiger partial charge in [0.15, 0.2) is 0 Å². The van der Waals surface area contributed by atoms with Crippen LogP contribution >= 0.6 is 0 Å². The summed E-state index contributed by atoms with van der Waals surface area (Å²) in [7, 11) is 2.08. The summed E-state index contributed by atoms with van der Waals surface area (Å²) in [6.07, 6.45) is 0.965. The summed E-state index contributed by atoms with van der Waals surface area (Å²) in [5.41, 5.74) is 2.26. The Morgan fingerprint density at radius 1 is 1.41 bits per heavy atom. The summed E-state index contributed by atoms with van der Waals surface area (Å²) < 4.78 is 7.80. The molecule has 2 saturated heterocycles. The van der Waals surface area contributed by atoms with Crippen LogP contribution in [0.4, 0.5) is 0 Å². The van der Waals surface area contributed by atoms with E-state index < -0.39 is 0 Å². The van der Waals surface area contributed by atoms with E-state index in [0.717, 1.165) is 50.6 Å². The average molecular weight is 301 g/mol. The van der Waals surface area contributed by atoms with Gasteiger partial charge in [-0.05, 0) is 18.6 Å². The molecule has 3 heterocycles. The molecule has 2 aliphatic rings. The molecule has 0 saturated carbocycles. The van der Waals surface area contributed by atoms with Gasteiger partial charge in [-0.2, -0.15) is 0 Å². The van der Waals surface area contributed by atoms with Gasteiger partial charge in [-0.3, -0.25) is 4.90 Å². The summed E-state index contributed by atoms with van der Waals surface area (Å²) >= 11 is 0. The molecule has 0 radical (unpaired) electrons. The summed E-state index contributed by atoms with van der Waals surface area (Å²) in [5, 5.41) is 9.90. The van der Waals surface area contributed by atoms with Crippen LogP contribution in [0.25, 0.3) is 11.0 Å². The molecular weight excluding hydrogens is 278 g/mol. The van der Waals surface area contributed by atoms with Crippen LogP contribution in [0.3, 0.4) is 0 Å². The number of fused-ring (bicyclic) bond motifs is 2. The van der Waals surface area contributed by atoms with Gasteiger partial charge in [0.25, 0.3) is 0 Å². The SMILES string of the molecule is Cn1c(CN2C[C@@H]3COCC[C@]3(CO)C2)nc2ccccc21. The van der Waals surface area contributed by atoms with E-state index in [2.05, 4.69) is 34.7 Å². The monoisotopic (exact) mass is 301 g/mol. The second-order valence-electron chi connectivity index (χ2n) is 6.79. The number of hydrogen-bond donors (Lipinski definition) is 1. The van der Waals surface area contributed by atoms with Crippen molar-refractivity contribution in [2.75, 3.05) is 32.9 Å². The number of aryl methyl sites for hydroxylation is 1. The normalized spacial score (nSPS) is 29.1. The number of benzene rings is 1. The van der Waals surface area contributed by atoms with Crippen molar-refractivity contribution in [2.45, 2.75) is 13.0 Å². The maximum absolute atomic E-state index is 9.90. The van der Waals surface area contributed by atoms with Crippen molar-refractivity contribution < 1.29 is 9.84 Å². The Morgan fingerprint density at radius 3 is 3.05 bits per heavy atom. The van der Waals surface area contributed by atoms with Crippen LogP contribution in [-0.4, -0.2) is 52.5 Å². The fourth-order valence-electron chi connectivity index (χ4n) is 4.07. The number of aromatic nitrogens is 2. The third-order valence-corrected chi connectivity index (χ3v) is 5.51. The minimum absolute atomic E-state index is 0.0306. The molecule has 2 aliphatic heterocycles. The number of para-hydroxylation sites is 2. The van der Waals surface area contributed by atoms with Crippen LogP contribution in [0.5, 0.6) is 0 Å². The first kappa shape index (κ1) is 14.2. The lowest BCUT2D eigenvalue weighted by Crippen LogP contribution is -2.41. The molecule has 0 bridgehead atoms. The van der Waals surface area contributed by atoms with Crippen LogP contribution in [0, 0.1) is 11.3 Å². The molecule has 2 fully saturated rings. The first-order valence-electron chi connectivity index (χ1n) is 8.03. The highest BCUT2D eigenvalue weighted by molar-refractivity contribution is 5.75. The van der Waals surface area contributed by atoms with Gasteiger partial charge in [-0.25, -0.2) is 4.98 Å². The molecule has 1 aromatic carbocycles. The van der Waals surface area contributed by atoms with Crippen molar-refractivity contribution in [1.29, 1.82) is 0 Å². The molecule has 0 aliphatic carbocycles. The van der Waals surface area contributed by atoms with Gasteiger partial charge in [0, 0.05) is 38.1 Å². The van der Waals surface area contributed by atoms with Crippen molar-refractivity contribution in [3.8, 4) is 0 Å². The maximum Gasteiger partial charge on any atom is 0.123 e. The number of ether oxygens (including phenoxy) is 1. The van der Waals surface area contributed by atoms with Gasteiger partial charge in [0.1, 0.15) is 5.82 Å². The van der Waals surface area contributed by atoms with E-state index in [1.165, 1.54) is 5.52 Å². The maximum atomic E-state index is 9.90. The first-order chi connectivity index (χ1) is 10.7. The van der Waals surface area contributed by atoms with Crippen LogP contribution in [-0.2, 0) is 18.3 Å². The fraction of sp³-hybridized carbons (Fsp3) is 0.588. The predicted molar refractivity (Wildman–Crippen MR) is 84.4 cm³/mol. The number of hydrogen-bond acceptors (Lipinski definition) is 4. The summed E-state index contributed by atoms with van der Waals surface area (Å²) in [4.78, 5) is 7.20. The Balaban J connectivity index is 1.57. The number of rotatable bonds is 3. The van der Waals surface area contributed by atoms with Gasteiger partial charge in [0.2, 0.25) is 0 Å². The lowest BCUT2D eigenvalue weighted by atomic mass is 9.75. The van der Waals surface area contributed by atoms with Gasteiger partial charge >= 0.3 is 0 Å². The molecule has 4 rings (SSSR count). The fourth-order valence-corrected chi connectivity index (χ4v) is 4.07. The lowest BCUT2D eigenvalue weighted by Gasteiger charge is -2.36. The summed E-state index contributed by atoms with van der Waals surface area (Å²) in [5.74, 6) is 1.54. The number of nitrogens with zero attached hydrogens (tertiary/aromatic N) is 3. The van der Waals surface area contributed by atoms with E-state index in [4.69, 9.17) is 9.72 Å². The Morgan fingerprint density at radius 2 is 2.27 bits per heavy atom. The van der Waals surface area contributed by atoms with E-state index in [-0.39, 0.29) is 12.0 Å². The van der Waals surface area contributed by atoms with Crippen LogP contribution in [0.15, 0.2) is 24.3 Å². The Kier molecular flexibility index (Phi) is 3.44. The van der Waals surface area contributed by atoms with Gasteiger partial charge in [-0.1, -0.05) is 12.1 Å². The number of aliphatic hydroxyl groups is 1. The van der Waals surface area contributed by atoms with E-state index >= 15 is 0 Å². The quantitative estimate of drug-likeness (QED) is 0.931. The van der Waals surface area contributed by atoms with E-state index in [1.54, 1.807) is 0 Å². The highest BCUT2D eigenvalue weighted by atomic mass is 16.5. The molecule has 22 heavy (non-hydrogen) atoms.